The molecular formula is C15H21N3. The Hall–Kier alpha value is -1.51. The zero-order chi connectivity index (χ0) is 12.5. The van der Waals surface area contributed by atoms with E-state index in [-0.39, 0.29) is 0 Å². The molecule has 0 saturated carbocycles. The van der Waals surface area contributed by atoms with Crippen LogP contribution in [0.15, 0.2) is 17.1 Å². The Morgan fingerprint density at radius 1 is 1.22 bits per heavy atom. The van der Waals surface area contributed by atoms with Crippen LogP contribution in [0.25, 0.3) is 0 Å². The highest BCUT2D eigenvalue weighted by Gasteiger charge is 2.19. The van der Waals surface area contributed by atoms with Gasteiger partial charge in [-0.3, -0.25) is 0 Å². The Morgan fingerprint density at radius 3 is 2.78 bits per heavy atom. The van der Waals surface area contributed by atoms with E-state index in [1.165, 1.54) is 36.0 Å². The van der Waals surface area contributed by atoms with E-state index in [0.29, 0.717) is 0 Å². The van der Waals surface area contributed by atoms with Crippen molar-refractivity contribution in [1.29, 1.82) is 0 Å². The fraction of sp³-hybridized carbons (Fsp3) is 0.533. The van der Waals surface area contributed by atoms with E-state index in [2.05, 4.69) is 36.6 Å². The fourth-order valence-electron chi connectivity index (χ4n) is 2.93. The summed E-state index contributed by atoms with van der Waals surface area (Å²) in [5.41, 5.74) is 5.45. The normalized spacial score (nSPS) is 22.1. The summed E-state index contributed by atoms with van der Waals surface area (Å²) in [6, 6.07) is 4.55. The molecule has 0 bridgehead atoms. The van der Waals surface area contributed by atoms with E-state index in [0.717, 1.165) is 30.7 Å². The summed E-state index contributed by atoms with van der Waals surface area (Å²) < 4.78 is 0. The number of hydrogen-bond donors (Lipinski definition) is 2. The molecule has 1 saturated heterocycles. The number of nitrogens with one attached hydrogen (secondary N) is 2. The third-order valence-electron chi connectivity index (χ3n) is 3.86. The molecule has 2 aliphatic rings. The second kappa shape index (κ2) is 4.63. The van der Waals surface area contributed by atoms with E-state index in [1.54, 1.807) is 0 Å². The van der Waals surface area contributed by atoms with Crippen molar-refractivity contribution in [3.8, 4) is 0 Å². The van der Waals surface area contributed by atoms with Crippen molar-refractivity contribution in [2.75, 3.05) is 13.1 Å². The lowest BCUT2D eigenvalue weighted by molar-refractivity contribution is 0.501. The number of guanidine groups is 1. The third-order valence-corrected chi connectivity index (χ3v) is 3.86. The van der Waals surface area contributed by atoms with Crippen molar-refractivity contribution in [1.82, 2.24) is 10.6 Å². The van der Waals surface area contributed by atoms with E-state index >= 15 is 0 Å². The average molecular weight is 243 g/mol. The second-order valence-electron chi connectivity index (χ2n) is 5.58. The van der Waals surface area contributed by atoms with Crippen LogP contribution in [0, 0.1) is 12.8 Å². The summed E-state index contributed by atoms with van der Waals surface area (Å²) in [4.78, 5) is 4.75. The number of fused-ring (bicyclic) bond motifs is 1. The van der Waals surface area contributed by atoms with Gasteiger partial charge in [0.25, 0.3) is 0 Å². The number of rotatable bonds is 1. The lowest BCUT2D eigenvalue weighted by atomic mass is 9.83. The molecule has 3 rings (SSSR count). The number of aliphatic imine (C=N–C) groups is 1. The number of aryl methyl sites for hydroxylation is 1. The van der Waals surface area contributed by atoms with Crippen LogP contribution >= 0.6 is 0 Å². The molecule has 2 N–H and O–H groups in total. The summed E-state index contributed by atoms with van der Waals surface area (Å²) >= 11 is 0. The Morgan fingerprint density at radius 2 is 2.00 bits per heavy atom. The first kappa shape index (κ1) is 11.6. The highest BCUT2D eigenvalue weighted by atomic mass is 15.2. The lowest BCUT2D eigenvalue weighted by Gasteiger charge is -2.23. The van der Waals surface area contributed by atoms with Crippen molar-refractivity contribution < 1.29 is 0 Å². The van der Waals surface area contributed by atoms with Crippen LogP contribution in [-0.4, -0.2) is 19.0 Å². The molecule has 3 heteroatoms. The third kappa shape index (κ3) is 2.22. The minimum Gasteiger partial charge on any atom is -0.354 e. The van der Waals surface area contributed by atoms with E-state index in [1.807, 2.05) is 0 Å². The van der Waals surface area contributed by atoms with Crippen LogP contribution in [0.4, 0.5) is 5.69 Å². The van der Waals surface area contributed by atoms with Crippen LogP contribution in [0.5, 0.6) is 0 Å². The van der Waals surface area contributed by atoms with Gasteiger partial charge in [-0.05, 0) is 54.9 Å². The molecule has 0 aromatic heterocycles. The predicted octanol–water partition coefficient (Wildman–Crippen LogP) is 2.30. The smallest absolute Gasteiger partial charge is 0.196 e. The zero-order valence-electron chi connectivity index (χ0n) is 11.2. The summed E-state index contributed by atoms with van der Waals surface area (Å²) in [5, 5.41) is 6.56. The molecular weight excluding hydrogens is 222 g/mol. The Labute approximate surface area is 109 Å². The summed E-state index contributed by atoms with van der Waals surface area (Å²) in [5.74, 6) is 1.74. The van der Waals surface area contributed by atoms with Crippen molar-refractivity contribution in [2.24, 2.45) is 10.9 Å². The van der Waals surface area contributed by atoms with Crippen LogP contribution in [0.1, 0.15) is 30.0 Å². The molecule has 0 amide bonds. The molecule has 1 fully saturated rings. The van der Waals surface area contributed by atoms with E-state index in [9.17, 15) is 0 Å². The number of hydrogen-bond acceptors (Lipinski definition) is 1. The maximum absolute atomic E-state index is 4.75. The van der Waals surface area contributed by atoms with E-state index in [4.69, 9.17) is 4.99 Å². The molecule has 1 heterocycles. The molecule has 0 spiro atoms. The molecule has 1 aliphatic heterocycles. The average Bonchev–Trinajstić information content (AvgIpc) is 2.80. The van der Waals surface area contributed by atoms with Crippen LogP contribution in [0.3, 0.4) is 0 Å². The first-order chi connectivity index (χ1) is 8.72. The standard InChI is InChI=1S/C15H21N3/c1-10-3-4-13-12(7-10)8-11(2)9-14(13)18-15-16-5-6-17-15/h8-10H,3-7H2,1-2H3,(H2,16,17,18). The maximum atomic E-state index is 4.75. The van der Waals surface area contributed by atoms with Gasteiger partial charge in [0, 0.05) is 13.1 Å². The van der Waals surface area contributed by atoms with Gasteiger partial charge in [0.05, 0.1) is 5.69 Å². The molecule has 1 aliphatic carbocycles. The Bertz CT molecular complexity index is 483. The van der Waals surface area contributed by atoms with Gasteiger partial charge in [-0.25, -0.2) is 4.99 Å². The summed E-state index contributed by atoms with van der Waals surface area (Å²) in [6.07, 6.45) is 3.66. The SMILES string of the molecule is Cc1cc2c(c(N=C3NCCN3)c1)CCC(C)C2. The summed E-state index contributed by atoms with van der Waals surface area (Å²) in [6.45, 7) is 6.46. The van der Waals surface area contributed by atoms with Gasteiger partial charge in [-0.1, -0.05) is 13.0 Å². The quantitative estimate of drug-likeness (QED) is 0.794. The monoisotopic (exact) mass is 243 g/mol. The van der Waals surface area contributed by atoms with E-state index < -0.39 is 0 Å². The second-order valence-corrected chi connectivity index (χ2v) is 5.58. The molecule has 0 radical (unpaired) electrons. The van der Waals surface area contributed by atoms with Crippen molar-refractivity contribution in [3.05, 3.63) is 28.8 Å². The molecule has 1 aromatic rings. The fourth-order valence-corrected chi connectivity index (χ4v) is 2.93. The first-order valence-corrected chi connectivity index (χ1v) is 6.91. The van der Waals surface area contributed by atoms with Gasteiger partial charge < -0.3 is 10.6 Å². The van der Waals surface area contributed by atoms with Crippen LogP contribution in [-0.2, 0) is 12.8 Å². The Balaban J connectivity index is 2.01. The van der Waals surface area contributed by atoms with Gasteiger partial charge in [-0.15, -0.1) is 0 Å². The molecule has 18 heavy (non-hydrogen) atoms. The predicted molar refractivity (Wildman–Crippen MR) is 75.5 cm³/mol. The number of nitrogens with zero attached hydrogens (tertiary/aromatic N) is 1. The molecule has 3 nitrogen and oxygen atoms in total. The minimum absolute atomic E-state index is 0.808. The van der Waals surface area contributed by atoms with Crippen molar-refractivity contribution in [2.45, 2.75) is 33.1 Å². The summed E-state index contributed by atoms with van der Waals surface area (Å²) in [7, 11) is 0. The largest absolute Gasteiger partial charge is 0.354 e. The van der Waals surface area contributed by atoms with Gasteiger partial charge in [0.1, 0.15) is 0 Å². The molecule has 1 aromatic carbocycles. The zero-order valence-corrected chi connectivity index (χ0v) is 11.2. The lowest BCUT2D eigenvalue weighted by Crippen LogP contribution is -2.23. The van der Waals surface area contributed by atoms with Gasteiger partial charge >= 0.3 is 0 Å². The van der Waals surface area contributed by atoms with Crippen LogP contribution in [0.2, 0.25) is 0 Å². The minimum atomic E-state index is 0.808. The Kier molecular flexibility index (Phi) is 2.98. The highest BCUT2D eigenvalue weighted by Crippen LogP contribution is 2.33. The molecule has 1 atom stereocenters. The maximum Gasteiger partial charge on any atom is 0.196 e. The van der Waals surface area contributed by atoms with Crippen molar-refractivity contribution >= 4 is 11.6 Å². The molecule has 1 unspecified atom stereocenters. The first-order valence-electron chi connectivity index (χ1n) is 6.91. The number of benzene rings is 1. The molecule has 96 valence electrons. The van der Waals surface area contributed by atoms with Crippen molar-refractivity contribution in [3.63, 3.8) is 0 Å². The highest BCUT2D eigenvalue weighted by molar-refractivity contribution is 5.84. The van der Waals surface area contributed by atoms with Crippen LogP contribution < -0.4 is 10.6 Å². The van der Waals surface area contributed by atoms with Gasteiger partial charge in [-0.2, -0.15) is 0 Å². The van der Waals surface area contributed by atoms with Gasteiger partial charge in [0.15, 0.2) is 5.96 Å². The van der Waals surface area contributed by atoms with Gasteiger partial charge in [0.2, 0.25) is 0 Å². The topological polar surface area (TPSA) is 36.4 Å².